The van der Waals surface area contributed by atoms with E-state index >= 15 is 0 Å². The van der Waals surface area contributed by atoms with Crippen molar-refractivity contribution in [1.29, 1.82) is 0 Å². The number of nitrogen functional groups attached to an aromatic ring is 1. The molecule has 1 aliphatic rings. The fourth-order valence-corrected chi connectivity index (χ4v) is 2.48. The molecule has 3 N–H and O–H groups in total. The maximum Gasteiger partial charge on any atom is 0.163 e. The molecular formula is C14H11Cl2FN2O2. The van der Waals surface area contributed by atoms with Crippen LogP contribution in [0.1, 0.15) is 0 Å². The topological polar surface area (TPSA) is 56.5 Å². The van der Waals surface area contributed by atoms with Crippen LogP contribution in [-0.2, 0) is 0 Å². The first-order valence-electron chi connectivity index (χ1n) is 6.15. The van der Waals surface area contributed by atoms with E-state index in [4.69, 9.17) is 38.4 Å². The predicted octanol–water partition coefficient (Wildman–Crippen LogP) is 4.23. The molecule has 0 radical (unpaired) electrons. The smallest absolute Gasteiger partial charge is 0.163 e. The average Bonchev–Trinajstić information content (AvgIpc) is 2.45. The molecule has 0 aliphatic carbocycles. The van der Waals surface area contributed by atoms with Gasteiger partial charge in [0.1, 0.15) is 13.2 Å². The molecule has 0 atom stereocenters. The number of hydrogen-bond donors (Lipinski definition) is 2. The Hall–Kier alpha value is -1.85. The van der Waals surface area contributed by atoms with E-state index in [2.05, 4.69) is 5.32 Å². The van der Waals surface area contributed by atoms with Gasteiger partial charge in [0.15, 0.2) is 17.3 Å². The number of fused-ring (bicyclic) bond motifs is 1. The van der Waals surface area contributed by atoms with Crippen molar-refractivity contribution in [1.82, 2.24) is 0 Å². The third-order valence-electron chi connectivity index (χ3n) is 2.98. The summed E-state index contributed by atoms with van der Waals surface area (Å²) in [5.74, 6) is 0.538. The lowest BCUT2D eigenvalue weighted by molar-refractivity contribution is 0.172. The van der Waals surface area contributed by atoms with E-state index in [0.29, 0.717) is 41.8 Å². The van der Waals surface area contributed by atoms with Gasteiger partial charge in [0.25, 0.3) is 0 Å². The first-order valence-corrected chi connectivity index (χ1v) is 6.91. The zero-order valence-corrected chi connectivity index (χ0v) is 12.3. The summed E-state index contributed by atoms with van der Waals surface area (Å²) in [4.78, 5) is 0. The zero-order chi connectivity index (χ0) is 15.0. The van der Waals surface area contributed by atoms with Gasteiger partial charge in [-0.15, -0.1) is 0 Å². The second-order valence-corrected chi connectivity index (χ2v) is 5.28. The van der Waals surface area contributed by atoms with E-state index < -0.39 is 5.82 Å². The predicted molar refractivity (Wildman–Crippen MR) is 81.5 cm³/mol. The van der Waals surface area contributed by atoms with E-state index in [9.17, 15) is 4.39 Å². The molecule has 0 saturated carbocycles. The molecule has 1 aliphatic heterocycles. The summed E-state index contributed by atoms with van der Waals surface area (Å²) in [6.07, 6.45) is 0. The number of halogens is 3. The molecule has 2 aromatic rings. The van der Waals surface area contributed by atoms with E-state index in [1.54, 1.807) is 12.1 Å². The molecule has 21 heavy (non-hydrogen) atoms. The summed E-state index contributed by atoms with van der Waals surface area (Å²) < 4.78 is 24.3. The van der Waals surface area contributed by atoms with Gasteiger partial charge in [-0.2, -0.15) is 0 Å². The van der Waals surface area contributed by atoms with E-state index in [1.807, 2.05) is 0 Å². The lowest BCUT2D eigenvalue weighted by Crippen LogP contribution is -2.15. The van der Waals surface area contributed by atoms with E-state index in [0.717, 1.165) is 0 Å². The maximum atomic E-state index is 13.4. The third-order valence-corrected chi connectivity index (χ3v) is 3.53. The summed E-state index contributed by atoms with van der Waals surface area (Å²) in [6, 6.07) is 6.25. The number of ether oxygens (including phenoxy) is 2. The minimum absolute atomic E-state index is 0.0684. The van der Waals surface area contributed by atoms with Crippen LogP contribution < -0.4 is 20.5 Å². The van der Waals surface area contributed by atoms with Gasteiger partial charge in [-0.3, -0.25) is 0 Å². The van der Waals surface area contributed by atoms with E-state index in [-0.39, 0.29) is 10.0 Å². The van der Waals surface area contributed by atoms with Gasteiger partial charge in [-0.05, 0) is 12.1 Å². The summed E-state index contributed by atoms with van der Waals surface area (Å²) in [5.41, 5.74) is 7.55. The molecule has 0 aromatic heterocycles. The molecule has 1 heterocycles. The highest BCUT2D eigenvalue weighted by molar-refractivity contribution is 6.35. The number of hydrogen-bond acceptors (Lipinski definition) is 4. The number of benzene rings is 2. The number of nitrogens with one attached hydrogen (secondary N) is 1. The minimum atomic E-state index is -0.654. The van der Waals surface area contributed by atoms with Gasteiger partial charge in [-0.25, -0.2) is 4.39 Å². The number of nitrogens with two attached hydrogens (primary N) is 1. The Morgan fingerprint density at radius 2 is 1.57 bits per heavy atom. The minimum Gasteiger partial charge on any atom is -0.486 e. The Kier molecular flexibility index (Phi) is 3.69. The fourth-order valence-electron chi connectivity index (χ4n) is 2.00. The molecular weight excluding hydrogens is 318 g/mol. The van der Waals surface area contributed by atoms with Crippen molar-refractivity contribution in [2.75, 3.05) is 24.3 Å². The van der Waals surface area contributed by atoms with Crippen LogP contribution in [0.4, 0.5) is 21.5 Å². The summed E-state index contributed by atoms with van der Waals surface area (Å²) in [5, 5.41) is 2.90. The van der Waals surface area contributed by atoms with Crippen LogP contribution in [0.25, 0.3) is 0 Å². The Balaban J connectivity index is 1.95. The molecule has 2 aromatic carbocycles. The van der Waals surface area contributed by atoms with Crippen LogP contribution >= 0.6 is 23.2 Å². The van der Waals surface area contributed by atoms with Crippen molar-refractivity contribution in [3.05, 3.63) is 40.1 Å². The van der Waals surface area contributed by atoms with Crippen LogP contribution in [0.3, 0.4) is 0 Å². The standard InChI is InChI=1S/C14H11Cl2FN2O2/c15-8-3-7(4-9(16)14(8)17)19-11-6-13-12(5-10(11)18)20-1-2-21-13/h3-6,19H,1-2,18H2. The van der Waals surface area contributed by atoms with Crippen LogP contribution in [0.2, 0.25) is 10.0 Å². The highest BCUT2D eigenvalue weighted by Crippen LogP contribution is 2.38. The number of anilines is 3. The van der Waals surface area contributed by atoms with Gasteiger partial charge in [0.2, 0.25) is 0 Å². The molecule has 110 valence electrons. The number of rotatable bonds is 2. The maximum absolute atomic E-state index is 13.4. The zero-order valence-electron chi connectivity index (χ0n) is 10.8. The first kappa shape index (κ1) is 14.1. The lowest BCUT2D eigenvalue weighted by atomic mass is 10.2. The van der Waals surface area contributed by atoms with Gasteiger partial charge >= 0.3 is 0 Å². The van der Waals surface area contributed by atoms with Crippen LogP contribution in [0.5, 0.6) is 11.5 Å². The quantitative estimate of drug-likeness (QED) is 0.639. The van der Waals surface area contributed by atoms with Crippen LogP contribution in [-0.4, -0.2) is 13.2 Å². The molecule has 7 heteroatoms. The van der Waals surface area contributed by atoms with Gasteiger partial charge < -0.3 is 20.5 Å². The highest BCUT2D eigenvalue weighted by atomic mass is 35.5. The Morgan fingerprint density at radius 1 is 1.00 bits per heavy atom. The lowest BCUT2D eigenvalue weighted by Gasteiger charge is -2.20. The molecule has 3 rings (SSSR count). The van der Waals surface area contributed by atoms with Gasteiger partial charge in [-0.1, -0.05) is 23.2 Å². The molecule has 0 fully saturated rings. The van der Waals surface area contributed by atoms with E-state index in [1.165, 1.54) is 12.1 Å². The van der Waals surface area contributed by atoms with Crippen molar-refractivity contribution in [2.24, 2.45) is 0 Å². The second-order valence-electron chi connectivity index (χ2n) is 4.46. The summed E-state index contributed by atoms with van der Waals surface area (Å²) in [6.45, 7) is 0.965. The van der Waals surface area contributed by atoms with Crippen LogP contribution in [0.15, 0.2) is 24.3 Å². The summed E-state index contributed by atoms with van der Waals surface area (Å²) >= 11 is 11.5. The SMILES string of the molecule is Nc1cc2c(cc1Nc1cc(Cl)c(F)c(Cl)c1)OCCO2. The van der Waals surface area contributed by atoms with Gasteiger partial charge in [0, 0.05) is 17.8 Å². The molecule has 0 unspecified atom stereocenters. The summed E-state index contributed by atoms with van der Waals surface area (Å²) in [7, 11) is 0. The molecule has 0 spiro atoms. The molecule has 0 bridgehead atoms. The molecule has 0 amide bonds. The largest absolute Gasteiger partial charge is 0.486 e. The van der Waals surface area contributed by atoms with Crippen molar-refractivity contribution < 1.29 is 13.9 Å². The molecule has 4 nitrogen and oxygen atoms in total. The third kappa shape index (κ3) is 2.80. The second kappa shape index (κ2) is 5.50. The van der Waals surface area contributed by atoms with Crippen molar-refractivity contribution in [3.8, 4) is 11.5 Å². The fraction of sp³-hybridized carbons (Fsp3) is 0.143. The van der Waals surface area contributed by atoms with Gasteiger partial charge in [0.05, 0.1) is 21.4 Å². The Labute approximate surface area is 130 Å². The van der Waals surface area contributed by atoms with Crippen molar-refractivity contribution >= 4 is 40.3 Å². The monoisotopic (exact) mass is 328 g/mol. The Bertz CT molecular complexity index is 687. The normalized spacial score (nSPS) is 13.1. The molecule has 0 saturated heterocycles. The van der Waals surface area contributed by atoms with Crippen molar-refractivity contribution in [3.63, 3.8) is 0 Å². The Morgan fingerprint density at radius 3 is 2.19 bits per heavy atom. The van der Waals surface area contributed by atoms with Crippen molar-refractivity contribution in [2.45, 2.75) is 0 Å². The highest BCUT2D eigenvalue weighted by Gasteiger charge is 2.15. The first-order chi connectivity index (χ1) is 10.0. The average molecular weight is 329 g/mol. The van der Waals surface area contributed by atoms with Crippen LogP contribution in [0, 0.1) is 5.82 Å².